The number of nitrogens with zero attached hydrogens (tertiary/aromatic N) is 2. The first-order chi connectivity index (χ1) is 14.0. The summed E-state index contributed by atoms with van der Waals surface area (Å²) in [4.78, 5) is 13.0. The van der Waals surface area contributed by atoms with Crippen LogP contribution in [0.3, 0.4) is 0 Å². The molecule has 30 heavy (non-hydrogen) atoms. The quantitative estimate of drug-likeness (QED) is 0.646. The molecule has 3 aromatic rings. The summed E-state index contributed by atoms with van der Waals surface area (Å²) in [6, 6.07) is 14.4. The third-order valence-corrected chi connectivity index (χ3v) is 6.76. The molecule has 8 heteroatoms. The van der Waals surface area contributed by atoms with Gasteiger partial charge < -0.3 is 5.32 Å². The molecule has 0 bridgehead atoms. The van der Waals surface area contributed by atoms with Gasteiger partial charge in [-0.25, -0.2) is 13.1 Å². The van der Waals surface area contributed by atoms with E-state index in [9.17, 15) is 13.2 Å². The minimum Gasteiger partial charge on any atom is -0.306 e. The summed E-state index contributed by atoms with van der Waals surface area (Å²) >= 11 is 6.12. The number of halogens is 1. The lowest BCUT2D eigenvalue weighted by Crippen LogP contribution is -2.17. The third-order valence-electron chi connectivity index (χ3n) is 5.09. The van der Waals surface area contributed by atoms with Gasteiger partial charge in [0.25, 0.3) is 5.91 Å². The number of amides is 1. The van der Waals surface area contributed by atoms with E-state index in [2.05, 4.69) is 31.2 Å². The number of nitrogens with one attached hydrogen (secondary N) is 1. The van der Waals surface area contributed by atoms with E-state index < -0.39 is 9.84 Å². The van der Waals surface area contributed by atoms with Crippen molar-refractivity contribution in [3.8, 4) is 5.69 Å². The molecule has 1 amide bonds. The Bertz CT molecular complexity index is 1240. The number of carbonyl (C=O) groups excluding carboxylic acids is 1. The van der Waals surface area contributed by atoms with Gasteiger partial charge in [0, 0.05) is 16.1 Å². The lowest BCUT2D eigenvalue weighted by atomic mass is 9.87. The first kappa shape index (κ1) is 20.6. The van der Waals surface area contributed by atoms with Crippen molar-refractivity contribution in [1.29, 1.82) is 0 Å². The summed E-state index contributed by atoms with van der Waals surface area (Å²) in [7, 11) is -3.27. The van der Waals surface area contributed by atoms with Crippen LogP contribution >= 0.6 is 11.6 Å². The molecule has 2 heterocycles. The van der Waals surface area contributed by atoms with Crippen LogP contribution < -0.4 is 5.32 Å². The van der Waals surface area contributed by atoms with Crippen LogP contribution in [0.5, 0.6) is 0 Å². The number of anilines is 1. The normalized spacial score (nSPS) is 15.1. The number of sulfone groups is 1. The second-order valence-electron chi connectivity index (χ2n) is 8.48. The van der Waals surface area contributed by atoms with Gasteiger partial charge in [-0.15, -0.1) is 0 Å². The van der Waals surface area contributed by atoms with Crippen molar-refractivity contribution in [2.45, 2.75) is 37.7 Å². The van der Waals surface area contributed by atoms with E-state index in [1.165, 1.54) is 0 Å². The molecule has 0 spiro atoms. The van der Waals surface area contributed by atoms with Crippen LogP contribution in [0.25, 0.3) is 5.69 Å². The fourth-order valence-corrected chi connectivity index (χ4v) is 5.15. The Hall–Kier alpha value is -2.64. The minimum absolute atomic E-state index is 0.0185. The first-order valence-corrected chi connectivity index (χ1v) is 11.7. The predicted molar refractivity (Wildman–Crippen MR) is 118 cm³/mol. The zero-order valence-corrected chi connectivity index (χ0v) is 18.5. The summed E-state index contributed by atoms with van der Waals surface area (Å²) in [6.45, 7) is 6.32. The van der Waals surface area contributed by atoms with Gasteiger partial charge in [-0.2, -0.15) is 5.10 Å². The Balaban J connectivity index is 1.72. The van der Waals surface area contributed by atoms with E-state index in [0.717, 1.165) is 5.56 Å². The molecule has 4 rings (SSSR count). The zero-order chi connectivity index (χ0) is 21.7. The average Bonchev–Trinajstić information content (AvgIpc) is 3.13. The van der Waals surface area contributed by atoms with E-state index >= 15 is 0 Å². The second-order valence-corrected chi connectivity index (χ2v) is 11.0. The Morgan fingerprint density at radius 2 is 1.80 bits per heavy atom. The predicted octanol–water partition coefficient (Wildman–Crippen LogP) is 4.50. The van der Waals surface area contributed by atoms with E-state index in [-0.39, 0.29) is 22.8 Å². The highest BCUT2D eigenvalue weighted by Crippen LogP contribution is 2.33. The molecule has 0 fully saturated rings. The van der Waals surface area contributed by atoms with Crippen molar-refractivity contribution in [3.63, 3.8) is 0 Å². The van der Waals surface area contributed by atoms with Gasteiger partial charge in [0.05, 0.1) is 22.9 Å². The summed E-state index contributed by atoms with van der Waals surface area (Å²) in [5.74, 6) is -0.260. The number of benzene rings is 2. The van der Waals surface area contributed by atoms with Gasteiger partial charge in [-0.05, 0) is 41.3 Å². The van der Waals surface area contributed by atoms with Crippen LogP contribution in [0.2, 0.25) is 5.02 Å². The molecule has 0 saturated heterocycles. The number of fused-ring (bicyclic) bond motifs is 1. The molecular formula is C22H22ClN3O3S. The molecule has 1 aliphatic rings. The molecule has 6 nitrogen and oxygen atoms in total. The van der Waals surface area contributed by atoms with Gasteiger partial charge in [0.1, 0.15) is 5.82 Å². The van der Waals surface area contributed by atoms with Crippen molar-refractivity contribution in [2.75, 3.05) is 5.32 Å². The van der Waals surface area contributed by atoms with Gasteiger partial charge in [-0.1, -0.05) is 50.6 Å². The zero-order valence-electron chi connectivity index (χ0n) is 16.9. The van der Waals surface area contributed by atoms with Crippen molar-refractivity contribution >= 4 is 33.2 Å². The van der Waals surface area contributed by atoms with Crippen LogP contribution in [-0.2, 0) is 26.8 Å². The molecule has 2 aromatic carbocycles. The van der Waals surface area contributed by atoms with Crippen LogP contribution in [-0.4, -0.2) is 24.1 Å². The fourth-order valence-electron chi connectivity index (χ4n) is 3.47. The van der Waals surface area contributed by atoms with Crippen LogP contribution in [0.15, 0.2) is 48.5 Å². The molecule has 1 N–H and O–H groups in total. The lowest BCUT2D eigenvalue weighted by molar-refractivity contribution is 0.102. The van der Waals surface area contributed by atoms with Crippen molar-refractivity contribution in [2.24, 2.45) is 0 Å². The van der Waals surface area contributed by atoms with Gasteiger partial charge in [0.2, 0.25) is 0 Å². The maximum absolute atomic E-state index is 13.0. The Morgan fingerprint density at radius 1 is 1.10 bits per heavy atom. The molecule has 0 radical (unpaired) electrons. The Labute approximate surface area is 180 Å². The summed E-state index contributed by atoms with van der Waals surface area (Å²) in [5.41, 5.74) is 3.21. The minimum atomic E-state index is -3.27. The highest BCUT2D eigenvalue weighted by molar-refractivity contribution is 7.90. The lowest BCUT2D eigenvalue weighted by Gasteiger charge is -2.19. The van der Waals surface area contributed by atoms with Crippen LogP contribution in [0.1, 0.15) is 48.0 Å². The highest BCUT2D eigenvalue weighted by atomic mass is 35.5. The molecule has 1 aromatic heterocycles. The molecule has 0 atom stereocenters. The number of hydrogen-bond acceptors (Lipinski definition) is 4. The van der Waals surface area contributed by atoms with E-state index in [0.29, 0.717) is 33.3 Å². The molecule has 0 saturated carbocycles. The smallest absolute Gasteiger partial charge is 0.256 e. The number of rotatable bonds is 3. The average molecular weight is 444 g/mol. The van der Waals surface area contributed by atoms with Gasteiger partial charge in [0.15, 0.2) is 9.84 Å². The Morgan fingerprint density at radius 3 is 2.43 bits per heavy atom. The van der Waals surface area contributed by atoms with E-state index in [1.54, 1.807) is 41.1 Å². The largest absolute Gasteiger partial charge is 0.306 e. The molecule has 156 valence electrons. The summed E-state index contributed by atoms with van der Waals surface area (Å²) < 4.78 is 25.8. The third kappa shape index (κ3) is 4.00. The molecule has 0 aliphatic carbocycles. The van der Waals surface area contributed by atoms with Crippen LogP contribution in [0, 0.1) is 0 Å². The first-order valence-electron chi connectivity index (χ1n) is 9.52. The SMILES string of the molecule is CC(C)(C)c1ccc(C(=O)Nc2c3c(nn2-c2cccc(Cl)c2)CS(=O)(=O)C3)cc1. The molecule has 0 unspecified atom stereocenters. The maximum atomic E-state index is 13.0. The van der Waals surface area contributed by atoms with E-state index in [1.807, 2.05) is 12.1 Å². The van der Waals surface area contributed by atoms with Gasteiger partial charge >= 0.3 is 0 Å². The maximum Gasteiger partial charge on any atom is 0.256 e. The topological polar surface area (TPSA) is 81.1 Å². The number of hydrogen-bond donors (Lipinski definition) is 1. The Kier molecular flexibility index (Phi) is 4.98. The number of carbonyl (C=O) groups is 1. The fraction of sp³-hybridized carbons (Fsp3) is 0.273. The highest BCUT2D eigenvalue weighted by Gasteiger charge is 2.33. The monoisotopic (exact) mass is 443 g/mol. The van der Waals surface area contributed by atoms with Crippen molar-refractivity contribution in [1.82, 2.24) is 9.78 Å². The van der Waals surface area contributed by atoms with Crippen LogP contribution in [0.4, 0.5) is 5.82 Å². The number of aromatic nitrogens is 2. The summed E-state index contributed by atoms with van der Waals surface area (Å²) in [5, 5.41) is 7.85. The molecular weight excluding hydrogens is 422 g/mol. The van der Waals surface area contributed by atoms with Crippen molar-refractivity contribution < 1.29 is 13.2 Å². The second kappa shape index (κ2) is 7.25. The van der Waals surface area contributed by atoms with Gasteiger partial charge in [-0.3, -0.25) is 4.79 Å². The van der Waals surface area contributed by atoms with E-state index in [4.69, 9.17) is 11.6 Å². The standard InChI is InChI=1S/C22H22ClN3O3S/c1-22(2,3)15-9-7-14(8-10-15)21(27)24-20-18-12-30(28,29)13-19(18)25-26(20)17-6-4-5-16(23)11-17/h4-11H,12-13H2,1-3H3,(H,24,27). The summed E-state index contributed by atoms with van der Waals surface area (Å²) in [6.07, 6.45) is 0. The van der Waals surface area contributed by atoms with Crippen molar-refractivity contribution in [3.05, 3.63) is 75.9 Å². The molecule has 1 aliphatic heterocycles.